The molecule has 3 nitrogen and oxygen atoms in total. The Bertz CT molecular complexity index is 154. The quantitative estimate of drug-likeness (QED) is 0.602. The van der Waals surface area contributed by atoms with Crippen LogP contribution in [-0.2, 0) is 0 Å². The molecule has 1 saturated carbocycles. The Morgan fingerprint density at radius 3 is 2.57 bits per heavy atom. The van der Waals surface area contributed by atoms with Crippen molar-refractivity contribution in [1.82, 2.24) is 10.2 Å². The monoisotopic (exact) mass is 208 g/mol. The van der Waals surface area contributed by atoms with Gasteiger partial charge in [-0.2, -0.15) is 0 Å². The normalized spacial score (nSPS) is 16.9. The standard InChI is InChI=1S/C9H18F2N2O/c10-9(11)7-13(5-6-14)4-3-12-8-1-2-8/h8-9,12,14H,1-7H2. The summed E-state index contributed by atoms with van der Waals surface area (Å²) in [7, 11) is 0. The van der Waals surface area contributed by atoms with Crippen LogP contribution in [0.3, 0.4) is 0 Å². The molecule has 0 saturated heterocycles. The average Bonchev–Trinajstić information content (AvgIpc) is 2.87. The Morgan fingerprint density at radius 2 is 2.07 bits per heavy atom. The molecule has 1 aliphatic rings. The molecular weight excluding hydrogens is 190 g/mol. The molecule has 0 aliphatic heterocycles. The van der Waals surface area contributed by atoms with Gasteiger partial charge >= 0.3 is 0 Å². The topological polar surface area (TPSA) is 35.5 Å². The van der Waals surface area contributed by atoms with Crippen LogP contribution < -0.4 is 5.32 Å². The zero-order valence-electron chi connectivity index (χ0n) is 8.25. The Labute approximate surface area is 83.1 Å². The molecule has 0 aromatic rings. The smallest absolute Gasteiger partial charge is 0.251 e. The van der Waals surface area contributed by atoms with E-state index in [0.29, 0.717) is 19.1 Å². The predicted molar refractivity (Wildman–Crippen MR) is 50.6 cm³/mol. The molecule has 0 aromatic carbocycles. The summed E-state index contributed by atoms with van der Waals surface area (Å²) in [5.74, 6) is 0. The minimum absolute atomic E-state index is 0.0594. The van der Waals surface area contributed by atoms with Crippen molar-refractivity contribution in [3.63, 3.8) is 0 Å². The number of nitrogens with zero attached hydrogens (tertiary/aromatic N) is 1. The minimum Gasteiger partial charge on any atom is -0.395 e. The number of nitrogens with one attached hydrogen (secondary N) is 1. The first-order chi connectivity index (χ1) is 6.72. The highest BCUT2D eigenvalue weighted by atomic mass is 19.3. The molecule has 0 heterocycles. The van der Waals surface area contributed by atoms with Gasteiger partial charge in [0.2, 0.25) is 0 Å². The lowest BCUT2D eigenvalue weighted by molar-refractivity contribution is 0.0788. The lowest BCUT2D eigenvalue weighted by Gasteiger charge is -2.20. The number of hydrogen-bond acceptors (Lipinski definition) is 3. The van der Waals surface area contributed by atoms with E-state index in [1.807, 2.05) is 0 Å². The van der Waals surface area contributed by atoms with Gasteiger partial charge in [-0.05, 0) is 12.8 Å². The van der Waals surface area contributed by atoms with Gasteiger partial charge < -0.3 is 10.4 Å². The van der Waals surface area contributed by atoms with Gasteiger partial charge in [-0.3, -0.25) is 4.90 Å². The third kappa shape index (κ3) is 5.47. The second-order valence-corrected chi connectivity index (χ2v) is 3.64. The van der Waals surface area contributed by atoms with E-state index in [-0.39, 0.29) is 13.2 Å². The molecule has 0 aromatic heterocycles. The van der Waals surface area contributed by atoms with Crippen molar-refractivity contribution in [2.45, 2.75) is 25.3 Å². The molecule has 0 radical (unpaired) electrons. The fraction of sp³-hybridized carbons (Fsp3) is 1.00. The van der Waals surface area contributed by atoms with E-state index in [0.717, 1.165) is 6.54 Å². The van der Waals surface area contributed by atoms with Crippen LogP contribution in [-0.4, -0.2) is 55.3 Å². The molecule has 0 bridgehead atoms. The lowest BCUT2D eigenvalue weighted by Crippen LogP contribution is -2.37. The Morgan fingerprint density at radius 1 is 1.36 bits per heavy atom. The van der Waals surface area contributed by atoms with E-state index in [1.54, 1.807) is 4.90 Å². The van der Waals surface area contributed by atoms with Crippen molar-refractivity contribution >= 4 is 0 Å². The minimum atomic E-state index is -2.32. The fourth-order valence-electron chi connectivity index (χ4n) is 1.35. The molecular formula is C9H18F2N2O. The van der Waals surface area contributed by atoms with Crippen LogP contribution in [0.4, 0.5) is 8.78 Å². The number of aliphatic hydroxyl groups excluding tert-OH is 1. The average molecular weight is 208 g/mol. The van der Waals surface area contributed by atoms with Gasteiger partial charge in [0.15, 0.2) is 0 Å². The number of hydrogen-bond donors (Lipinski definition) is 2. The maximum atomic E-state index is 12.1. The lowest BCUT2D eigenvalue weighted by atomic mass is 10.4. The van der Waals surface area contributed by atoms with Crippen molar-refractivity contribution < 1.29 is 13.9 Å². The Balaban J connectivity index is 2.05. The van der Waals surface area contributed by atoms with Crippen molar-refractivity contribution in [3.8, 4) is 0 Å². The summed E-state index contributed by atoms with van der Waals surface area (Å²) in [5, 5.41) is 11.9. The summed E-state index contributed by atoms with van der Waals surface area (Å²) in [6.45, 7) is 1.35. The first-order valence-corrected chi connectivity index (χ1v) is 5.07. The van der Waals surface area contributed by atoms with Crippen LogP contribution >= 0.6 is 0 Å². The summed E-state index contributed by atoms with van der Waals surface area (Å²) in [6.07, 6.45) is 0.0893. The molecule has 0 unspecified atom stereocenters. The summed E-state index contributed by atoms with van der Waals surface area (Å²) < 4.78 is 24.1. The van der Waals surface area contributed by atoms with Gasteiger partial charge in [0.25, 0.3) is 6.43 Å². The third-order valence-electron chi connectivity index (χ3n) is 2.25. The molecule has 84 valence electrons. The molecule has 14 heavy (non-hydrogen) atoms. The van der Waals surface area contributed by atoms with E-state index >= 15 is 0 Å². The molecule has 0 spiro atoms. The first kappa shape index (κ1) is 11.8. The maximum absolute atomic E-state index is 12.1. The molecule has 1 aliphatic carbocycles. The second kappa shape index (κ2) is 6.27. The zero-order chi connectivity index (χ0) is 10.4. The van der Waals surface area contributed by atoms with Gasteiger partial charge in [-0.15, -0.1) is 0 Å². The van der Waals surface area contributed by atoms with Gasteiger partial charge in [0.1, 0.15) is 0 Å². The van der Waals surface area contributed by atoms with Crippen LogP contribution in [0.2, 0.25) is 0 Å². The number of alkyl halides is 2. The van der Waals surface area contributed by atoms with Crippen LogP contribution in [0.25, 0.3) is 0 Å². The fourth-order valence-corrected chi connectivity index (χ4v) is 1.35. The molecule has 1 fully saturated rings. The predicted octanol–water partition coefficient (Wildman–Crippen LogP) is 0.298. The zero-order valence-corrected chi connectivity index (χ0v) is 8.25. The maximum Gasteiger partial charge on any atom is 0.251 e. The molecule has 5 heteroatoms. The number of halogens is 2. The highest BCUT2D eigenvalue weighted by molar-refractivity contribution is 4.81. The van der Waals surface area contributed by atoms with Crippen LogP contribution in [0.1, 0.15) is 12.8 Å². The summed E-state index contributed by atoms with van der Waals surface area (Å²) in [4.78, 5) is 1.58. The summed E-state index contributed by atoms with van der Waals surface area (Å²) in [5.41, 5.74) is 0. The molecule has 2 N–H and O–H groups in total. The van der Waals surface area contributed by atoms with Crippen molar-refractivity contribution in [2.75, 3.05) is 32.8 Å². The first-order valence-electron chi connectivity index (χ1n) is 5.07. The Kier molecular flexibility index (Phi) is 5.29. The van der Waals surface area contributed by atoms with E-state index in [2.05, 4.69) is 5.32 Å². The highest BCUT2D eigenvalue weighted by Gasteiger charge is 2.20. The van der Waals surface area contributed by atoms with E-state index in [9.17, 15) is 8.78 Å². The van der Waals surface area contributed by atoms with E-state index < -0.39 is 6.43 Å². The highest BCUT2D eigenvalue weighted by Crippen LogP contribution is 2.17. The van der Waals surface area contributed by atoms with Gasteiger partial charge in [0.05, 0.1) is 13.2 Å². The molecule has 1 rings (SSSR count). The van der Waals surface area contributed by atoms with Crippen LogP contribution in [0.15, 0.2) is 0 Å². The van der Waals surface area contributed by atoms with Crippen LogP contribution in [0.5, 0.6) is 0 Å². The van der Waals surface area contributed by atoms with Crippen molar-refractivity contribution in [1.29, 1.82) is 0 Å². The third-order valence-corrected chi connectivity index (χ3v) is 2.25. The summed E-state index contributed by atoms with van der Waals surface area (Å²) >= 11 is 0. The van der Waals surface area contributed by atoms with Gasteiger partial charge in [-0.1, -0.05) is 0 Å². The SMILES string of the molecule is OCCN(CCNC1CC1)CC(F)F. The van der Waals surface area contributed by atoms with Crippen molar-refractivity contribution in [3.05, 3.63) is 0 Å². The Hall–Kier alpha value is -0.260. The number of rotatable bonds is 8. The number of aliphatic hydroxyl groups is 1. The second-order valence-electron chi connectivity index (χ2n) is 3.64. The summed E-state index contributed by atoms with van der Waals surface area (Å²) in [6, 6.07) is 0.609. The van der Waals surface area contributed by atoms with Gasteiger partial charge in [-0.25, -0.2) is 8.78 Å². The largest absolute Gasteiger partial charge is 0.395 e. The van der Waals surface area contributed by atoms with E-state index in [4.69, 9.17) is 5.11 Å². The van der Waals surface area contributed by atoms with Gasteiger partial charge in [0, 0.05) is 25.7 Å². The van der Waals surface area contributed by atoms with Crippen LogP contribution in [0, 0.1) is 0 Å². The molecule has 0 amide bonds. The molecule has 0 atom stereocenters. The van der Waals surface area contributed by atoms with E-state index in [1.165, 1.54) is 12.8 Å². The van der Waals surface area contributed by atoms with Crippen molar-refractivity contribution in [2.24, 2.45) is 0 Å².